The van der Waals surface area contributed by atoms with E-state index in [9.17, 15) is 9.59 Å². The van der Waals surface area contributed by atoms with Gasteiger partial charge in [-0.1, -0.05) is 47.5 Å². The minimum Gasteiger partial charge on any atom is -0.452 e. The van der Waals surface area contributed by atoms with Gasteiger partial charge in [0.05, 0.1) is 5.56 Å². The molecule has 0 bridgehead atoms. The molecule has 4 heteroatoms. The van der Waals surface area contributed by atoms with E-state index in [1.54, 1.807) is 12.1 Å². The number of esters is 1. The molecule has 2 aromatic rings. The molecular formula is C21H25NO3. The van der Waals surface area contributed by atoms with Crippen LogP contribution < -0.4 is 5.32 Å². The van der Waals surface area contributed by atoms with Crippen LogP contribution in [0.4, 0.5) is 0 Å². The fourth-order valence-electron chi connectivity index (χ4n) is 2.72. The Kier molecular flexibility index (Phi) is 6.75. The number of ether oxygens (including phenoxy) is 1. The lowest BCUT2D eigenvalue weighted by Gasteiger charge is -2.14. The Morgan fingerprint density at radius 3 is 2.32 bits per heavy atom. The topological polar surface area (TPSA) is 55.4 Å². The quantitative estimate of drug-likeness (QED) is 0.784. The van der Waals surface area contributed by atoms with E-state index in [0.29, 0.717) is 5.56 Å². The molecule has 0 aromatic heterocycles. The number of aryl methyl sites for hydroxylation is 3. The van der Waals surface area contributed by atoms with Gasteiger partial charge >= 0.3 is 5.97 Å². The fourth-order valence-corrected chi connectivity index (χ4v) is 2.72. The van der Waals surface area contributed by atoms with Crippen LogP contribution in [-0.2, 0) is 16.0 Å². The van der Waals surface area contributed by atoms with E-state index < -0.39 is 5.97 Å². The summed E-state index contributed by atoms with van der Waals surface area (Å²) in [7, 11) is 0. The van der Waals surface area contributed by atoms with Crippen molar-refractivity contribution in [2.75, 3.05) is 6.61 Å². The van der Waals surface area contributed by atoms with E-state index in [-0.39, 0.29) is 18.6 Å². The van der Waals surface area contributed by atoms with Crippen LogP contribution in [0.3, 0.4) is 0 Å². The molecule has 2 rings (SSSR count). The van der Waals surface area contributed by atoms with E-state index in [1.165, 1.54) is 5.56 Å². The molecular weight excluding hydrogens is 314 g/mol. The Hall–Kier alpha value is -2.62. The van der Waals surface area contributed by atoms with Crippen molar-refractivity contribution in [3.8, 4) is 0 Å². The molecule has 0 aliphatic rings. The lowest BCUT2D eigenvalue weighted by molar-refractivity contribution is -0.124. The zero-order chi connectivity index (χ0) is 18.2. The van der Waals surface area contributed by atoms with Crippen molar-refractivity contribution >= 4 is 11.9 Å². The van der Waals surface area contributed by atoms with Crippen LogP contribution in [0.1, 0.15) is 40.4 Å². The van der Waals surface area contributed by atoms with Gasteiger partial charge in [0.2, 0.25) is 0 Å². The van der Waals surface area contributed by atoms with Crippen LogP contribution in [0.5, 0.6) is 0 Å². The average Bonchev–Trinajstić information content (AvgIpc) is 2.58. The number of amides is 1. The van der Waals surface area contributed by atoms with Crippen LogP contribution in [-0.4, -0.2) is 24.5 Å². The van der Waals surface area contributed by atoms with Crippen LogP contribution in [0.2, 0.25) is 0 Å². The van der Waals surface area contributed by atoms with Crippen LogP contribution in [0, 0.1) is 13.8 Å². The summed E-state index contributed by atoms with van der Waals surface area (Å²) in [5.74, 6) is -0.753. The monoisotopic (exact) mass is 339 g/mol. The fraction of sp³-hybridized carbons (Fsp3) is 0.333. The van der Waals surface area contributed by atoms with Crippen molar-refractivity contribution in [1.29, 1.82) is 0 Å². The Balaban J connectivity index is 1.75. The SMILES string of the molecule is Cc1cc(C)cc(C(=O)OCC(=O)N[C@H](C)CCc2ccccc2)c1. The third-order valence-corrected chi connectivity index (χ3v) is 3.91. The summed E-state index contributed by atoms with van der Waals surface area (Å²) < 4.78 is 5.11. The molecule has 2 aromatic carbocycles. The molecule has 0 spiro atoms. The van der Waals surface area contributed by atoms with Crippen LogP contribution in [0.15, 0.2) is 48.5 Å². The van der Waals surface area contributed by atoms with Gasteiger partial charge in [-0.3, -0.25) is 4.79 Å². The van der Waals surface area contributed by atoms with Crippen molar-refractivity contribution in [3.63, 3.8) is 0 Å². The van der Waals surface area contributed by atoms with E-state index in [4.69, 9.17) is 4.74 Å². The summed E-state index contributed by atoms with van der Waals surface area (Å²) in [6.07, 6.45) is 1.73. The highest BCUT2D eigenvalue weighted by Gasteiger charge is 2.13. The zero-order valence-electron chi connectivity index (χ0n) is 15.0. The molecule has 0 aliphatic heterocycles. The number of nitrogens with one attached hydrogen (secondary N) is 1. The molecule has 0 fully saturated rings. The molecule has 132 valence electrons. The maximum absolute atomic E-state index is 12.0. The molecule has 0 saturated carbocycles. The van der Waals surface area contributed by atoms with Gasteiger partial charge < -0.3 is 10.1 Å². The maximum Gasteiger partial charge on any atom is 0.338 e. The smallest absolute Gasteiger partial charge is 0.338 e. The molecule has 0 saturated heterocycles. The normalized spacial score (nSPS) is 11.6. The molecule has 1 N–H and O–H groups in total. The van der Waals surface area contributed by atoms with Gasteiger partial charge in [-0.15, -0.1) is 0 Å². The third-order valence-electron chi connectivity index (χ3n) is 3.91. The Morgan fingerprint density at radius 2 is 1.68 bits per heavy atom. The molecule has 1 amide bonds. The Morgan fingerprint density at radius 1 is 1.04 bits per heavy atom. The van der Waals surface area contributed by atoms with Crippen molar-refractivity contribution in [1.82, 2.24) is 5.32 Å². The minimum absolute atomic E-state index is 0.0209. The Labute approximate surface area is 149 Å². The van der Waals surface area contributed by atoms with E-state index in [2.05, 4.69) is 17.4 Å². The standard InChI is InChI=1S/C21H25NO3/c1-15-11-16(2)13-19(12-15)21(24)25-14-20(23)22-17(3)9-10-18-7-5-4-6-8-18/h4-8,11-13,17H,9-10,14H2,1-3H3,(H,22,23)/t17-/m1/s1. The molecule has 1 atom stereocenters. The second-order valence-electron chi connectivity index (χ2n) is 6.45. The molecule has 25 heavy (non-hydrogen) atoms. The van der Waals surface area contributed by atoms with Gasteiger partial charge in [-0.2, -0.15) is 0 Å². The first-order valence-electron chi connectivity index (χ1n) is 8.53. The van der Waals surface area contributed by atoms with E-state index >= 15 is 0 Å². The first-order valence-corrected chi connectivity index (χ1v) is 8.53. The first-order chi connectivity index (χ1) is 11.9. The predicted octanol–water partition coefficient (Wildman–Crippen LogP) is 3.60. The first kappa shape index (κ1) is 18.7. The molecule has 0 unspecified atom stereocenters. The van der Waals surface area contributed by atoms with Crippen molar-refractivity contribution in [2.24, 2.45) is 0 Å². The van der Waals surface area contributed by atoms with Crippen molar-refractivity contribution < 1.29 is 14.3 Å². The zero-order valence-corrected chi connectivity index (χ0v) is 15.0. The third kappa shape index (κ3) is 6.42. The van der Waals surface area contributed by atoms with Gasteiger partial charge in [0.1, 0.15) is 0 Å². The lowest BCUT2D eigenvalue weighted by Crippen LogP contribution is -2.36. The highest BCUT2D eigenvalue weighted by molar-refractivity contribution is 5.91. The molecule has 4 nitrogen and oxygen atoms in total. The summed E-state index contributed by atoms with van der Waals surface area (Å²) >= 11 is 0. The largest absolute Gasteiger partial charge is 0.452 e. The second-order valence-corrected chi connectivity index (χ2v) is 6.45. The average molecular weight is 339 g/mol. The van der Waals surface area contributed by atoms with Crippen molar-refractivity contribution in [3.05, 3.63) is 70.8 Å². The van der Waals surface area contributed by atoms with E-state index in [1.807, 2.05) is 45.0 Å². The number of rotatable bonds is 7. The molecule has 0 heterocycles. The molecule has 0 radical (unpaired) electrons. The van der Waals surface area contributed by atoms with Crippen LogP contribution in [0.25, 0.3) is 0 Å². The van der Waals surface area contributed by atoms with E-state index in [0.717, 1.165) is 24.0 Å². The minimum atomic E-state index is -0.473. The van der Waals surface area contributed by atoms with Gasteiger partial charge in [0.15, 0.2) is 6.61 Å². The van der Waals surface area contributed by atoms with Crippen LogP contribution >= 0.6 is 0 Å². The van der Waals surface area contributed by atoms with Gasteiger partial charge in [0, 0.05) is 6.04 Å². The lowest BCUT2D eigenvalue weighted by atomic mass is 10.1. The molecule has 0 aliphatic carbocycles. The number of carbonyl (C=O) groups is 2. The number of carbonyl (C=O) groups excluding carboxylic acids is 2. The summed E-state index contributed by atoms with van der Waals surface area (Å²) in [4.78, 5) is 24.0. The summed E-state index contributed by atoms with van der Waals surface area (Å²) in [6, 6.07) is 15.7. The van der Waals surface area contributed by atoms with Gasteiger partial charge in [0.25, 0.3) is 5.91 Å². The highest BCUT2D eigenvalue weighted by atomic mass is 16.5. The van der Waals surface area contributed by atoms with Gasteiger partial charge in [-0.05, 0) is 51.3 Å². The Bertz CT molecular complexity index is 705. The maximum atomic E-state index is 12.0. The second kappa shape index (κ2) is 9.02. The van der Waals surface area contributed by atoms with Gasteiger partial charge in [-0.25, -0.2) is 4.79 Å². The summed E-state index contributed by atoms with van der Waals surface area (Å²) in [5, 5.41) is 2.86. The predicted molar refractivity (Wildman–Crippen MR) is 98.6 cm³/mol. The van der Waals surface area contributed by atoms with Crippen molar-refractivity contribution in [2.45, 2.75) is 39.7 Å². The summed E-state index contributed by atoms with van der Waals surface area (Å²) in [5.41, 5.74) is 3.70. The number of hydrogen-bond acceptors (Lipinski definition) is 3. The number of benzene rings is 2. The number of hydrogen-bond donors (Lipinski definition) is 1. The summed E-state index contributed by atoms with van der Waals surface area (Å²) in [6.45, 7) is 5.53. The highest BCUT2D eigenvalue weighted by Crippen LogP contribution is 2.10.